The van der Waals surface area contributed by atoms with Crippen LogP contribution in [0.3, 0.4) is 0 Å². The SMILES string of the molecule is CC(=O)Nc1ccc(O[C@H]2OC(CO)C([C@H]3OC(CO)[C@@H](O)C(O)[C@H]3O)C(O)C2O)cc1. The number of rotatable bonds is 6. The van der Waals surface area contributed by atoms with Gasteiger partial charge in [0.15, 0.2) is 0 Å². The van der Waals surface area contributed by atoms with Gasteiger partial charge in [-0.05, 0) is 24.3 Å². The molecule has 0 spiro atoms. The van der Waals surface area contributed by atoms with E-state index in [0.717, 1.165) is 0 Å². The minimum absolute atomic E-state index is 0.248. The molecule has 1 aromatic carbocycles. The second kappa shape index (κ2) is 10.4. The van der Waals surface area contributed by atoms with E-state index >= 15 is 0 Å². The van der Waals surface area contributed by atoms with Crippen LogP contribution in [0.2, 0.25) is 0 Å². The van der Waals surface area contributed by atoms with E-state index in [2.05, 4.69) is 5.32 Å². The number of hydrogen-bond acceptors (Lipinski definition) is 11. The summed E-state index contributed by atoms with van der Waals surface area (Å²) in [6.07, 6.45) is -13.4. The van der Waals surface area contributed by atoms with Crippen molar-refractivity contribution in [1.29, 1.82) is 0 Å². The lowest BCUT2D eigenvalue weighted by molar-refractivity contribution is -0.310. The Bertz CT molecular complexity index is 758. The third-order valence-corrected chi connectivity index (χ3v) is 5.68. The summed E-state index contributed by atoms with van der Waals surface area (Å²) in [5.74, 6) is -1.22. The molecule has 3 rings (SSSR count). The number of amides is 1. The van der Waals surface area contributed by atoms with Crippen molar-refractivity contribution in [2.24, 2.45) is 5.92 Å². The van der Waals surface area contributed by atoms with Gasteiger partial charge in [-0.2, -0.15) is 0 Å². The highest BCUT2D eigenvalue weighted by Crippen LogP contribution is 2.36. The predicted octanol–water partition coefficient (Wildman–Crippen LogP) is -3.08. The summed E-state index contributed by atoms with van der Waals surface area (Å²) in [5, 5.41) is 73.5. The Labute approximate surface area is 183 Å². The highest BCUT2D eigenvalue weighted by atomic mass is 16.7. The van der Waals surface area contributed by atoms with Gasteiger partial charge in [-0.25, -0.2) is 0 Å². The van der Waals surface area contributed by atoms with Crippen LogP contribution in [0.4, 0.5) is 5.69 Å². The van der Waals surface area contributed by atoms with Gasteiger partial charge in [0.05, 0.1) is 31.5 Å². The molecule has 1 amide bonds. The van der Waals surface area contributed by atoms with E-state index < -0.39 is 74.3 Å². The number of carbonyl (C=O) groups is 1. The van der Waals surface area contributed by atoms with Crippen LogP contribution in [0.15, 0.2) is 24.3 Å². The smallest absolute Gasteiger partial charge is 0.229 e. The first-order valence-electron chi connectivity index (χ1n) is 10.1. The molecule has 2 heterocycles. The van der Waals surface area contributed by atoms with E-state index in [-0.39, 0.29) is 11.7 Å². The second-order valence-corrected chi connectivity index (χ2v) is 7.90. The van der Waals surface area contributed by atoms with Crippen molar-refractivity contribution in [3.8, 4) is 5.75 Å². The quantitative estimate of drug-likeness (QED) is 0.215. The number of anilines is 1. The zero-order valence-corrected chi connectivity index (χ0v) is 17.3. The van der Waals surface area contributed by atoms with Gasteiger partial charge < -0.3 is 55.3 Å². The minimum Gasteiger partial charge on any atom is -0.462 e. The molecule has 0 saturated carbocycles. The standard InChI is InChI=1S/C20H29NO11/c1-8(24)21-9-2-4-10(5-3-9)30-20-18(29)15(26)13(11(6-22)32-20)19-17(28)16(27)14(25)12(7-23)31-19/h2-5,11-20,22-23,25-29H,6-7H2,1H3,(H,21,24)/t11?,12?,13?,14-,15?,16?,17-,18?,19-,20+/m1/s1. The van der Waals surface area contributed by atoms with Crippen molar-refractivity contribution >= 4 is 11.6 Å². The summed E-state index contributed by atoms with van der Waals surface area (Å²) in [6, 6.07) is 6.13. The average molecular weight is 459 g/mol. The maximum absolute atomic E-state index is 11.1. The molecule has 12 nitrogen and oxygen atoms in total. The lowest BCUT2D eigenvalue weighted by Gasteiger charge is -2.49. The number of nitrogens with one attached hydrogen (secondary N) is 1. The molecule has 1 aromatic rings. The van der Waals surface area contributed by atoms with Crippen molar-refractivity contribution in [3.05, 3.63) is 24.3 Å². The third-order valence-electron chi connectivity index (χ3n) is 5.68. The Hall–Kier alpha value is -1.87. The number of ether oxygens (including phenoxy) is 3. The first-order chi connectivity index (χ1) is 15.2. The van der Waals surface area contributed by atoms with Crippen LogP contribution in [0, 0.1) is 5.92 Å². The van der Waals surface area contributed by atoms with Crippen LogP contribution in [0.25, 0.3) is 0 Å². The fourth-order valence-corrected chi connectivity index (χ4v) is 4.02. The number of aliphatic hydroxyl groups excluding tert-OH is 7. The predicted molar refractivity (Wildman–Crippen MR) is 106 cm³/mol. The molecule has 2 saturated heterocycles. The fraction of sp³-hybridized carbons (Fsp3) is 0.650. The molecule has 6 unspecified atom stereocenters. The van der Waals surface area contributed by atoms with Crippen LogP contribution in [0.5, 0.6) is 5.75 Å². The molecule has 0 bridgehead atoms. The Morgan fingerprint density at radius 2 is 1.50 bits per heavy atom. The van der Waals surface area contributed by atoms with Gasteiger partial charge in [0.2, 0.25) is 12.2 Å². The zero-order valence-electron chi connectivity index (χ0n) is 17.3. The molecule has 10 atom stereocenters. The molecule has 2 fully saturated rings. The zero-order chi connectivity index (χ0) is 23.6. The highest BCUT2D eigenvalue weighted by molar-refractivity contribution is 5.88. The van der Waals surface area contributed by atoms with E-state index in [1.54, 1.807) is 12.1 Å². The normalized spacial score (nSPS) is 40.0. The molecule has 2 aliphatic rings. The Morgan fingerprint density at radius 3 is 2.06 bits per heavy atom. The molecule has 180 valence electrons. The fourth-order valence-electron chi connectivity index (χ4n) is 4.02. The van der Waals surface area contributed by atoms with Crippen molar-refractivity contribution < 1.29 is 54.8 Å². The molecule has 0 aliphatic carbocycles. The van der Waals surface area contributed by atoms with Crippen LogP contribution >= 0.6 is 0 Å². The largest absolute Gasteiger partial charge is 0.462 e. The summed E-state index contributed by atoms with van der Waals surface area (Å²) in [5.41, 5.74) is 0.519. The maximum Gasteiger partial charge on any atom is 0.229 e. The molecule has 2 aliphatic heterocycles. The molecular weight excluding hydrogens is 430 g/mol. The number of carbonyl (C=O) groups excluding carboxylic acids is 1. The average Bonchev–Trinajstić information content (AvgIpc) is 2.77. The number of hydrogen-bond donors (Lipinski definition) is 8. The van der Waals surface area contributed by atoms with Gasteiger partial charge in [-0.3, -0.25) is 4.79 Å². The molecule has 0 radical (unpaired) electrons. The van der Waals surface area contributed by atoms with Gasteiger partial charge in [-0.1, -0.05) is 0 Å². The maximum atomic E-state index is 11.1. The summed E-state index contributed by atoms with van der Waals surface area (Å²) in [6.45, 7) is 0.0430. The van der Waals surface area contributed by atoms with Gasteiger partial charge in [0.1, 0.15) is 36.3 Å². The monoisotopic (exact) mass is 459 g/mol. The number of benzene rings is 1. The van der Waals surface area contributed by atoms with Crippen LogP contribution in [-0.4, -0.2) is 110 Å². The van der Waals surface area contributed by atoms with E-state index in [1.165, 1.54) is 19.1 Å². The van der Waals surface area contributed by atoms with E-state index in [4.69, 9.17) is 14.2 Å². The van der Waals surface area contributed by atoms with Crippen molar-refractivity contribution in [3.63, 3.8) is 0 Å². The first-order valence-corrected chi connectivity index (χ1v) is 10.1. The Balaban J connectivity index is 1.75. The van der Waals surface area contributed by atoms with Crippen LogP contribution in [-0.2, 0) is 14.3 Å². The van der Waals surface area contributed by atoms with Crippen LogP contribution < -0.4 is 10.1 Å². The first kappa shape index (κ1) is 24.8. The van der Waals surface area contributed by atoms with E-state index in [0.29, 0.717) is 5.69 Å². The van der Waals surface area contributed by atoms with Gasteiger partial charge >= 0.3 is 0 Å². The van der Waals surface area contributed by atoms with Gasteiger partial charge in [0, 0.05) is 18.5 Å². The molecular formula is C20H29NO11. The van der Waals surface area contributed by atoms with Crippen LogP contribution in [0.1, 0.15) is 6.92 Å². The summed E-state index contributed by atoms with van der Waals surface area (Å²) in [7, 11) is 0. The van der Waals surface area contributed by atoms with E-state index in [9.17, 15) is 40.5 Å². The summed E-state index contributed by atoms with van der Waals surface area (Å²) < 4.78 is 16.7. The van der Waals surface area contributed by atoms with Gasteiger partial charge in [-0.15, -0.1) is 0 Å². The number of aliphatic hydroxyl groups is 7. The molecule has 32 heavy (non-hydrogen) atoms. The lowest BCUT2D eigenvalue weighted by Crippen LogP contribution is -2.67. The Kier molecular flexibility index (Phi) is 8.03. The molecule has 8 N–H and O–H groups in total. The van der Waals surface area contributed by atoms with E-state index in [1.807, 2.05) is 0 Å². The van der Waals surface area contributed by atoms with Crippen molar-refractivity contribution in [2.45, 2.75) is 62.0 Å². The molecule has 0 aromatic heterocycles. The van der Waals surface area contributed by atoms with Crippen molar-refractivity contribution in [2.75, 3.05) is 18.5 Å². The summed E-state index contributed by atoms with van der Waals surface area (Å²) >= 11 is 0. The van der Waals surface area contributed by atoms with Gasteiger partial charge in [0.25, 0.3) is 0 Å². The lowest BCUT2D eigenvalue weighted by atomic mass is 9.79. The highest BCUT2D eigenvalue weighted by Gasteiger charge is 2.55. The third kappa shape index (κ3) is 5.03. The second-order valence-electron chi connectivity index (χ2n) is 7.90. The van der Waals surface area contributed by atoms with Crippen molar-refractivity contribution in [1.82, 2.24) is 0 Å². The summed E-state index contributed by atoms with van der Waals surface area (Å²) in [4.78, 5) is 11.1. The topological polar surface area (TPSA) is 198 Å². The minimum atomic E-state index is -1.69. The Morgan fingerprint density at radius 1 is 0.875 bits per heavy atom. The molecule has 12 heteroatoms.